The van der Waals surface area contributed by atoms with Crippen LogP contribution < -0.4 is 5.32 Å². The Labute approximate surface area is 162 Å². The highest BCUT2D eigenvalue weighted by Crippen LogP contribution is 2.26. The largest absolute Gasteiger partial charge is 0.322 e. The van der Waals surface area contributed by atoms with Gasteiger partial charge in [-0.1, -0.05) is 24.3 Å². The molecule has 0 unspecified atom stereocenters. The number of hydrogen-bond acceptors (Lipinski definition) is 3. The van der Waals surface area contributed by atoms with E-state index in [1.807, 2.05) is 31.2 Å². The standard InChI is InChI=1S/C22H15ClN2O2/c1-14-5-6-18(21(23)26)12-20(14)16-7-9-17(10-8-16)22(27)25-19-4-2-3-15(11-19)13-24/h2-12H,1H3,(H,25,27). The van der Waals surface area contributed by atoms with Gasteiger partial charge in [0, 0.05) is 16.8 Å². The van der Waals surface area contributed by atoms with Crippen LogP contribution in [-0.2, 0) is 0 Å². The number of nitriles is 1. The Morgan fingerprint density at radius 1 is 0.963 bits per heavy atom. The van der Waals surface area contributed by atoms with Gasteiger partial charge < -0.3 is 5.32 Å². The summed E-state index contributed by atoms with van der Waals surface area (Å²) >= 11 is 5.57. The van der Waals surface area contributed by atoms with Crippen molar-refractivity contribution in [3.05, 3.63) is 89.0 Å². The van der Waals surface area contributed by atoms with Gasteiger partial charge in [0.15, 0.2) is 0 Å². The Morgan fingerprint density at radius 3 is 2.33 bits per heavy atom. The lowest BCUT2D eigenvalue weighted by Gasteiger charge is -2.09. The quantitative estimate of drug-likeness (QED) is 0.641. The maximum atomic E-state index is 12.4. The first-order valence-corrected chi connectivity index (χ1v) is 8.58. The Hall–Kier alpha value is -3.42. The van der Waals surface area contributed by atoms with E-state index in [1.165, 1.54) is 0 Å². The van der Waals surface area contributed by atoms with Crippen molar-refractivity contribution < 1.29 is 9.59 Å². The molecule has 132 valence electrons. The van der Waals surface area contributed by atoms with E-state index in [1.54, 1.807) is 48.5 Å². The molecule has 0 aromatic heterocycles. The van der Waals surface area contributed by atoms with Gasteiger partial charge in [0.25, 0.3) is 11.1 Å². The lowest BCUT2D eigenvalue weighted by atomic mass is 9.97. The zero-order valence-electron chi connectivity index (χ0n) is 14.5. The zero-order valence-corrected chi connectivity index (χ0v) is 15.2. The summed E-state index contributed by atoms with van der Waals surface area (Å²) in [5.41, 5.74) is 4.73. The van der Waals surface area contributed by atoms with Gasteiger partial charge >= 0.3 is 0 Å². The lowest BCUT2D eigenvalue weighted by Crippen LogP contribution is -2.11. The van der Waals surface area contributed by atoms with Crippen molar-refractivity contribution in [1.82, 2.24) is 0 Å². The molecule has 1 N–H and O–H groups in total. The Balaban J connectivity index is 1.83. The number of hydrogen-bond donors (Lipinski definition) is 1. The van der Waals surface area contributed by atoms with Crippen LogP contribution in [0.25, 0.3) is 11.1 Å². The molecule has 0 saturated heterocycles. The monoisotopic (exact) mass is 374 g/mol. The van der Waals surface area contributed by atoms with Crippen LogP contribution in [0.3, 0.4) is 0 Å². The van der Waals surface area contributed by atoms with Crippen molar-refractivity contribution in [1.29, 1.82) is 5.26 Å². The van der Waals surface area contributed by atoms with Gasteiger partial charge in [0.1, 0.15) is 0 Å². The topological polar surface area (TPSA) is 70.0 Å². The van der Waals surface area contributed by atoms with Crippen LogP contribution in [0.4, 0.5) is 5.69 Å². The molecule has 0 heterocycles. The third kappa shape index (κ3) is 4.22. The molecule has 0 atom stereocenters. The molecule has 0 aliphatic carbocycles. The predicted molar refractivity (Wildman–Crippen MR) is 106 cm³/mol. The van der Waals surface area contributed by atoms with Crippen LogP contribution in [0.1, 0.15) is 31.8 Å². The number of aryl methyl sites for hydroxylation is 1. The molecule has 0 bridgehead atoms. The van der Waals surface area contributed by atoms with Crippen molar-refractivity contribution in [3.63, 3.8) is 0 Å². The number of halogens is 1. The molecule has 3 rings (SSSR count). The van der Waals surface area contributed by atoms with Crippen molar-refractivity contribution in [2.75, 3.05) is 5.32 Å². The van der Waals surface area contributed by atoms with E-state index in [0.29, 0.717) is 22.4 Å². The minimum Gasteiger partial charge on any atom is -0.322 e. The summed E-state index contributed by atoms with van der Waals surface area (Å²) in [5.74, 6) is -0.266. The molecule has 5 heteroatoms. The first-order chi connectivity index (χ1) is 13.0. The van der Waals surface area contributed by atoms with Gasteiger partial charge in [-0.15, -0.1) is 0 Å². The second-order valence-corrected chi connectivity index (χ2v) is 6.37. The Morgan fingerprint density at radius 2 is 1.67 bits per heavy atom. The van der Waals surface area contributed by atoms with Crippen LogP contribution in [0, 0.1) is 18.3 Å². The SMILES string of the molecule is Cc1ccc(C(=O)Cl)cc1-c1ccc(C(=O)Nc2cccc(C#N)c2)cc1. The zero-order chi connectivity index (χ0) is 19.4. The normalized spacial score (nSPS) is 10.1. The number of rotatable bonds is 4. The minimum atomic E-state index is -0.508. The second-order valence-electron chi connectivity index (χ2n) is 6.03. The molecule has 0 aliphatic heterocycles. The summed E-state index contributed by atoms with van der Waals surface area (Å²) in [4.78, 5) is 23.8. The fourth-order valence-electron chi connectivity index (χ4n) is 2.73. The number of anilines is 1. The first-order valence-electron chi connectivity index (χ1n) is 8.20. The highest BCUT2D eigenvalue weighted by molar-refractivity contribution is 6.67. The van der Waals surface area contributed by atoms with Gasteiger partial charge in [-0.05, 0) is 77.7 Å². The molecule has 0 spiro atoms. The maximum absolute atomic E-state index is 12.4. The van der Waals surface area contributed by atoms with Gasteiger partial charge in [-0.3, -0.25) is 9.59 Å². The van der Waals surface area contributed by atoms with Crippen molar-refractivity contribution in [2.24, 2.45) is 0 Å². The van der Waals surface area contributed by atoms with E-state index in [2.05, 4.69) is 5.32 Å². The van der Waals surface area contributed by atoms with E-state index >= 15 is 0 Å². The molecule has 4 nitrogen and oxygen atoms in total. The molecule has 3 aromatic carbocycles. The number of nitrogens with one attached hydrogen (secondary N) is 1. The average Bonchev–Trinajstić information content (AvgIpc) is 2.68. The predicted octanol–water partition coefficient (Wildman–Crippen LogP) is 5.17. The first kappa shape index (κ1) is 18.4. The van der Waals surface area contributed by atoms with Crippen LogP contribution in [0.2, 0.25) is 0 Å². The van der Waals surface area contributed by atoms with Gasteiger partial charge in [0.05, 0.1) is 11.6 Å². The van der Waals surface area contributed by atoms with Crippen molar-refractivity contribution in [3.8, 4) is 17.2 Å². The molecule has 1 amide bonds. The molecule has 0 saturated carbocycles. The number of carbonyl (C=O) groups excluding carboxylic acids is 2. The molecule has 0 fully saturated rings. The summed E-state index contributed by atoms with van der Waals surface area (Å²) in [6.45, 7) is 1.95. The molecular weight excluding hydrogens is 360 g/mol. The van der Waals surface area contributed by atoms with E-state index in [9.17, 15) is 9.59 Å². The highest BCUT2D eigenvalue weighted by atomic mass is 35.5. The number of benzene rings is 3. The fourth-order valence-corrected chi connectivity index (χ4v) is 2.84. The van der Waals surface area contributed by atoms with E-state index < -0.39 is 5.24 Å². The Kier molecular flexibility index (Phi) is 5.35. The van der Waals surface area contributed by atoms with E-state index in [4.69, 9.17) is 16.9 Å². The third-order valence-corrected chi connectivity index (χ3v) is 4.39. The molecule has 27 heavy (non-hydrogen) atoms. The van der Waals surface area contributed by atoms with Crippen LogP contribution >= 0.6 is 11.6 Å². The summed E-state index contributed by atoms with van der Waals surface area (Å²) in [7, 11) is 0. The number of nitrogens with zero attached hydrogens (tertiary/aromatic N) is 1. The smallest absolute Gasteiger partial charge is 0.255 e. The van der Waals surface area contributed by atoms with Crippen LogP contribution in [0.15, 0.2) is 66.7 Å². The van der Waals surface area contributed by atoms with E-state index in [-0.39, 0.29) is 5.91 Å². The lowest BCUT2D eigenvalue weighted by molar-refractivity contribution is 0.102. The minimum absolute atomic E-state index is 0.266. The molecular formula is C22H15ClN2O2. The summed E-state index contributed by atoms with van der Waals surface area (Å²) in [6, 6.07) is 21.1. The molecule has 0 aliphatic rings. The van der Waals surface area contributed by atoms with Gasteiger partial charge in [-0.25, -0.2) is 0 Å². The number of amides is 1. The fraction of sp³-hybridized carbons (Fsp3) is 0.0455. The van der Waals surface area contributed by atoms with Crippen LogP contribution in [0.5, 0.6) is 0 Å². The van der Waals surface area contributed by atoms with Crippen molar-refractivity contribution in [2.45, 2.75) is 6.92 Å². The molecule has 3 aromatic rings. The maximum Gasteiger partial charge on any atom is 0.255 e. The third-order valence-electron chi connectivity index (χ3n) is 4.17. The number of carbonyl (C=O) groups is 2. The highest BCUT2D eigenvalue weighted by Gasteiger charge is 2.10. The van der Waals surface area contributed by atoms with Gasteiger partial charge in [-0.2, -0.15) is 5.26 Å². The summed E-state index contributed by atoms with van der Waals surface area (Å²) < 4.78 is 0. The Bertz CT molecular complexity index is 1070. The van der Waals surface area contributed by atoms with Crippen molar-refractivity contribution >= 4 is 28.4 Å². The second kappa shape index (κ2) is 7.86. The summed E-state index contributed by atoms with van der Waals surface area (Å²) in [6.07, 6.45) is 0. The van der Waals surface area contributed by atoms with E-state index in [0.717, 1.165) is 16.7 Å². The average molecular weight is 375 g/mol. The summed E-state index contributed by atoms with van der Waals surface area (Å²) in [5, 5.41) is 11.2. The van der Waals surface area contributed by atoms with Gasteiger partial charge in [0.2, 0.25) is 0 Å². The molecule has 0 radical (unpaired) electrons. The van der Waals surface area contributed by atoms with Crippen LogP contribution in [-0.4, -0.2) is 11.1 Å².